The van der Waals surface area contributed by atoms with Crippen molar-refractivity contribution >= 4 is 11.3 Å². The Kier molecular flexibility index (Phi) is 3.95. The number of thiazole rings is 1. The molecule has 16 heavy (non-hydrogen) atoms. The van der Waals surface area contributed by atoms with Crippen molar-refractivity contribution in [2.45, 2.75) is 45.2 Å². The van der Waals surface area contributed by atoms with E-state index in [1.165, 1.54) is 24.3 Å². The lowest BCUT2D eigenvalue weighted by Gasteiger charge is -2.35. The largest absolute Gasteiger partial charge is 0.310 e. The van der Waals surface area contributed by atoms with Crippen molar-refractivity contribution < 1.29 is 0 Å². The Morgan fingerprint density at radius 3 is 3.06 bits per heavy atom. The summed E-state index contributed by atoms with van der Waals surface area (Å²) in [6.07, 6.45) is 3.94. The van der Waals surface area contributed by atoms with Gasteiger partial charge in [-0.15, -0.1) is 11.3 Å². The molecule has 0 amide bonds. The van der Waals surface area contributed by atoms with E-state index in [1.807, 2.05) is 6.92 Å². The van der Waals surface area contributed by atoms with E-state index in [9.17, 15) is 0 Å². The Bertz CT molecular complexity index is 329. The average Bonchev–Trinajstić information content (AvgIpc) is 2.65. The van der Waals surface area contributed by atoms with Crippen LogP contribution >= 0.6 is 11.3 Å². The van der Waals surface area contributed by atoms with Crippen molar-refractivity contribution in [2.75, 3.05) is 13.1 Å². The normalized spacial score (nSPS) is 25.9. The topological polar surface area (TPSA) is 37.0 Å². The second-order valence-electron chi connectivity index (χ2n) is 4.93. The van der Waals surface area contributed by atoms with Gasteiger partial charge in [0.05, 0.1) is 0 Å². The van der Waals surface area contributed by atoms with Gasteiger partial charge >= 0.3 is 0 Å². The summed E-state index contributed by atoms with van der Waals surface area (Å²) in [7, 11) is 0. The van der Waals surface area contributed by atoms with Gasteiger partial charge in [-0.1, -0.05) is 6.42 Å². The highest BCUT2D eigenvalue weighted by molar-refractivity contribution is 7.09. The van der Waals surface area contributed by atoms with Gasteiger partial charge in [-0.05, 0) is 33.2 Å². The molecule has 1 aromatic rings. The Labute approximate surface area is 102 Å². The van der Waals surface area contributed by atoms with Crippen molar-refractivity contribution in [3.63, 3.8) is 0 Å². The fourth-order valence-electron chi connectivity index (χ4n) is 2.20. The van der Waals surface area contributed by atoms with Crippen LogP contribution in [0.5, 0.6) is 0 Å². The maximum absolute atomic E-state index is 4.45. The predicted molar refractivity (Wildman–Crippen MR) is 68.8 cm³/mol. The third-order valence-electron chi connectivity index (χ3n) is 3.17. The van der Waals surface area contributed by atoms with E-state index < -0.39 is 0 Å². The molecule has 90 valence electrons. The second-order valence-corrected chi connectivity index (χ2v) is 5.87. The zero-order valence-corrected chi connectivity index (χ0v) is 11.0. The van der Waals surface area contributed by atoms with Crippen LogP contribution in [0.3, 0.4) is 0 Å². The fraction of sp³-hybridized carbons (Fsp3) is 0.750. The molecule has 2 rings (SSSR count). The number of rotatable bonds is 4. The summed E-state index contributed by atoms with van der Waals surface area (Å²) < 4.78 is 0. The van der Waals surface area contributed by atoms with Crippen LogP contribution < -0.4 is 10.6 Å². The molecular formula is C12H21N3S. The maximum Gasteiger partial charge on any atom is 0.107 e. The number of piperidine rings is 1. The number of aromatic nitrogens is 1. The summed E-state index contributed by atoms with van der Waals surface area (Å²) in [5.41, 5.74) is 1.41. The molecule has 2 heterocycles. The predicted octanol–water partition coefficient (Wildman–Crippen LogP) is 2.07. The molecule has 3 nitrogen and oxygen atoms in total. The lowest BCUT2D eigenvalue weighted by Crippen LogP contribution is -2.52. The summed E-state index contributed by atoms with van der Waals surface area (Å²) in [5.74, 6) is 0. The quantitative estimate of drug-likeness (QED) is 0.844. The van der Waals surface area contributed by atoms with Gasteiger partial charge in [0.2, 0.25) is 0 Å². The lowest BCUT2D eigenvalue weighted by atomic mass is 9.91. The van der Waals surface area contributed by atoms with E-state index in [1.54, 1.807) is 11.3 Å². The van der Waals surface area contributed by atoms with E-state index in [0.29, 0.717) is 0 Å². The molecule has 1 aliphatic heterocycles. The van der Waals surface area contributed by atoms with Crippen molar-refractivity contribution in [1.82, 2.24) is 15.6 Å². The van der Waals surface area contributed by atoms with E-state index in [0.717, 1.165) is 25.3 Å². The summed E-state index contributed by atoms with van der Waals surface area (Å²) in [5, 5.41) is 10.4. The Morgan fingerprint density at radius 2 is 2.44 bits per heavy atom. The Balaban J connectivity index is 1.74. The van der Waals surface area contributed by atoms with Crippen LogP contribution in [0.2, 0.25) is 0 Å². The van der Waals surface area contributed by atoms with Gasteiger partial charge in [0.25, 0.3) is 0 Å². The zero-order chi connectivity index (χ0) is 11.4. The van der Waals surface area contributed by atoms with Gasteiger partial charge in [0.1, 0.15) is 5.01 Å². The van der Waals surface area contributed by atoms with Crippen LogP contribution in [-0.4, -0.2) is 23.6 Å². The molecule has 0 aliphatic carbocycles. The van der Waals surface area contributed by atoms with E-state index >= 15 is 0 Å². The maximum atomic E-state index is 4.45. The Hall–Kier alpha value is -0.450. The van der Waals surface area contributed by atoms with E-state index in [2.05, 4.69) is 27.9 Å². The number of nitrogens with one attached hydrogen (secondary N) is 2. The molecule has 0 spiro atoms. The lowest BCUT2D eigenvalue weighted by molar-refractivity contribution is 0.267. The third-order valence-corrected chi connectivity index (χ3v) is 4.13. The fourth-order valence-corrected chi connectivity index (χ4v) is 2.94. The van der Waals surface area contributed by atoms with E-state index in [-0.39, 0.29) is 5.54 Å². The van der Waals surface area contributed by atoms with Crippen molar-refractivity contribution in [1.29, 1.82) is 0 Å². The highest BCUT2D eigenvalue weighted by atomic mass is 32.1. The van der Waals surface area contributed by atoms with Crippen LogP contribution in [0, 0.1) is 6.92 Å². The molecule has 1 unspecified atom stereocenters. The van der Waals surface area contributed by atoms with Crippen molar-refractivity contribution in [3.05, 3.63) is 16.1 Å². The molecule has 0 saturated carbocycles. The van der Waals surface area contributed by atoms with Gasteiger partial charge in [-0.2, -0.15) is 0 Å². The minimum absolute atomic E-state index is 0.282. The van der Waals surface area contributed by atoms with Crippen molar-refractivity contribution in [2.24, 2.45) is 0 Å². The van der Waals surface area contributed by atoms with Crippen LogP contribution in [0.4, 0.5) is 0 Å². The molecule has 0 bridgehead atoms. The van der Waals surface area contributed by atoms with E-state index in [4.69, 9.17) is 0 Å². The number of aryl methyl sites for hydroxylation is 1. The number of hydrogen-bond acceptors (Lipinski definition) is 4. The van der Waals surface area contributed by atoms with Gasteiger partial charge in [-0.3, -0.25) is 0 Å². The molecule has 1 saturated heterocycles. The molecule has 0 radical (unpaired) electrons. The standard InChI is InChI=1S/C12H21N3S/c1-10-8-16-11(15-10)7-13-9-12(2)5-3-4-6-14-12/h8,13-14H,3-7,9H2,1-2H3. The second kappa shape index (κ2) is 5.25. The monoisotopic (exact) mass is 239 g/mol. The van der Waals surface area contributed by atoms with Gasteiger partial charge in [-0.25, -0.2) is 4.98 Å². The molecule has 2 N–H and O–H groups in total. The smallest absolute Gasteiger partial charge is 0.107 e. The molecule has 4 heteroatoms. The molecule has 1 aliphatic rings. The van der Waals surface area contributed by atoms with Crippen LogP contribution in [-0.2, 0) is 6.54 Å². The summed E-state index contributed by atoms with van der Waals surface area (Å²) >= 11 is 1.74. The van der Waals surface area contributed by atoms with Crippen LogP contribution in [0.1, 0.15) is 36.9 Å². The third kappa shape index (κ3) is 3.27. The first-order valence-corrected chi connectivity index (χ1v) is 6.93. The minimum atomic E-state index is 0.282. The van der Waals surface area contributed by atoms with Crippen LogP contribution in [0.25, 0.3) is 0 Å². The highest BCUT2D eigenvalue weighted by Crippen LogP contribution is 2.17. The zero-order valence-electron chi connectivity index (χ0n) is 10.2. The first-order valence-electron chi connectivity index (χ1n) is 6.05. The molecule has 1 atom stereocenters. The minimum Gasteiger partial charge on any atom is -0.310 e. The number of nitrogens with zero attached hydrogens (tertiary/aromatic N) is 1. The first-order chi connectivity index (χ1) is 7.68. The summed E-state index contributed by atoms with van der Waals surface area (Å²) in [6.45, 7) is 7.45. The average molecular weight is 239 g/mol. The van der Waals surface area contributed by atoms with Gasteiger partial charge in [0.15, 0.2) is 0 Å². The van der Waals surface area contributed by atoms with Gasteiger partial charge < -0.3 is 10.6 Å². The molecule has 0 aromatic carbocycles. The van der Waals surface area contributed by atoms with Crippen molar-refractivity contribution in [3.8, 4) is 0 Å². The Morgan fingerprint density at radius 1 is 1.56 bits per heavy atom. The molecular weight excluding hydrogens is 218 g/mol. The van der Waals surface area contributed by atoms with Crippen LogP contribution in [0.15, 0.2) is 5.38 Å². The SMILES string of the molecule is Cc1csc(CNCC2(C)CCCCN2)n1. The number of hydrogen-bond donors (Lipinski definition) is 2. The first kappa shape index (κ1) is 12.0. The van der Waals surface area contributed by atoms with Gasteiger partial charge in [0, 0.05) is 29.7 Å². The highest BCUT2D eigenvalue weighted by Gasteiger charge is 2.25. The summed E-state index contributed by atoms with van der Waals surface area (Å²) in [4.78, 5) is 4.45. The molecule has 1 aromatic heterocycles. The summed E-state index contributed by atoms with van der Waals surface area (Å²) in [6, 6.07) is 0. The molecule has 1 fully saturated rings.